The number of hydrogen-bond acceptors (Lipinski definition) is 2. The van der Waals surface area contributed by atoms with Crippen molar-refractivity contribution in [2.75, 3.05) is 14.2 Å². The lowest BCUT2D eigenvalue weighted by molar-refractivity contribution is -0.150. The number of benzene rings is 2. The lowest BCUT2D eigenvalue weighted by Crippen LogP contribution is -2.23. The molecule has 0 radical (unpaired) electrons. The van der Waals surface area contributed by atoms with Crippen molar-refractivity contribution in [2.24, 2.45) is 0 Å². The molecule has 0 aliphatic carbocycles. The van der Waals surface area contributed by atoms with E-state index in [1.807, 2.05) is 0 Å². The zero-order valence-electron chi connectivity index (χ0n) is 12.4. The molecule has 2 aromatic carbocycles. The molecule has 22 heavy (non-hydrogen) atoms. The number of rotatable bonds is 5. The maximum Gasteiger partial charge on any atom is 0.396 e. The normalized spacial score (nSPS) is 12.8. The highest BCUT2D eigenvalue weighted by Gasteiger charge is 2.40. The first-order chi connectivity index (χ1) is 10.4. The van der Waals surface area contributed by atoms with Crippen LogP contribution in [0.4, 0.5) is 13.2 Å². The van der Waals surface area contributed by atoms with Crippen LogP contribution in [-0.2, 0) is 6.42 Å². The summed E-state index contributed by atoms with van der Waals surface area (Å²) in [6.07, 6.45) is -4.42. The Hall–Kier alpha value is -2.17. The van der Waals surface area contributed by atoms with E-state index in [-0.39, 0.29) is 12.0 Å². The Balaban J connectivity index is 2.25. The number of ether oxygens (including phenoxy) is 2. The first kappa shape index (κ1) is 16.2. The van der Waals surface area contributed by atoms with Gasteiger partial charge in [-0.2, -0.15) is 13.2 Å². The minimum atomic E-state index is -4.31. The second-order valence-electron chi connectivity index (χ2n) is 4.92. The van der Waals surface area contributed by atoms with Crippen LogP contribution in [-0.4, -0.2) is 20.4 Å². The molecule has 2 aromatic rings. The topological polar surface area (TPSA) is 18.5 Å². The summed E-state index contributed by atoms with van der Waals surface area (Å²) in [6, 6.07) is 12.6. The SMILES string of the molecule is COc1ccc(CC(c2ccc(OC)cc2)C(F)(F)F)cc1. The molecule has 1 unspecified atom stereocenters. The van der Waals surface area contributed by atoms with Crippen LogP contribution in [0.15, 0.2) is 48.5 Å². The number of hydrogen-bond donors (Lipinski definition) is 0. The summed E-state index contributed by atoms with van der Waals surface area (Å²) in [4.78, 5) is 0. The fourth-order valence-electron chi connectivity index (χ4n) is 2.26. The van der Waals surface area contributed by atoms with Crippen LogP contribution in [0.3, 0.4) is 0 Å². The Bertz CT molecular complexity index is 589. The third-order valence-corrected chi connectivity index (χ3v) is 3.51. The fraction of sp³-hybridized carbons (Fsp3) is 0.294. The average Bonchev–Trinajstić information content (AvgIpc) is 2.52. The molecule has 0 bridgehead atoms. The van der Waals surface area contributed by atoms with Gasteiger partial charge in [0.2, 0.25) is 0 Å². The van der Waals surface area contributed by atoms with Gasteiger partial charge in [0.15, 0.2) is 0 Å². The maximum absolute atomic E-state index is 13.4. The Morgan fingerprint density at radius 3 is 1.68 bits per heavy atom. The molecule has 0 spiro atoms. The van der Waals surface area contributed by atoms with Crippen molar-refractivity contribution in [2.45, 2.75) is 18.5 Å². The molecule has 0 N–H and O–H groups in total. The molecule has 0 aliphatic heterocycles. The monoisotopic (exact) mass is 310 g/mol. The molecule has 5 heteroatoms. The molecule has 0 fully saturated rings. The van der Waals surface area contributed by atoms with Gasteiger partial charge in [0, 0.05) is 0 Å². The highest BCUT2D eigenvalue weighted by molar-refractivity contribution is 5.33. The van der Waals surface area contributed by atoms with Crippen LogP contribution in [0.25, 0.3) is 0 Å². The third kappa shape index (κ3) is 3.93. The largest absolute Gasteiger partial charge is 0.497 e. The standard InChI is InChI=1S/C17H17F3O2/c1-21-14-7-3-12(4-8-14)11-16(17(18,19)20)13-5-9-15(22-2)10-6-13/h3-10,16H,11H2,1-2H3. The van der Waals surface area contributed by atoms with Gasteiger partial charge in [-0.05, 0) is 41.8 Å². The van der Waals surface area contributed by atoms with Gasteiger partial charge in [0.05, 0.1) is 20.1 Å². The van der Waals surface area contributed by atoms with Crippen molar-refractivity contribution in [1.29, 1.82) is 0 Å². The van der Waals surface area contributed by atoms with Gasteiger partial charge >= 0.3 is 6.18 Å². The van der Waals surface area contributed by atoms with Gasteiger partial charge < -0.3 is 9.47 Å². The fourth-order valence-corrected chi connectivity index (χ4v) is 2.26. The van der Waals surface area contributed by atoms with Crippen molar-refractivity contribution < 1.29 is 22.6 Å². The number of alkyl halides is 3. The molecular weight excluding hydrogens is 293 g/mol. The Labute approximate surface area is 127 Å². The van der Waals surface area contributed by atoms with E-state index in [1.54, 1.807) is 36.4 Å². The second-order valence-corrected chi connectivity index (χ2v) is 4.92. The lowest BCUT2D eigenvalue weighted by Gasteiger charge is -2.21. The predicted molar refractivity (Wildman–Crippen MR) is 78.5 cm³/mol. The molecule has 0 saturated heterocycles. The summed E-state index contributed by atoms with van der Waals surface area (Å²) >= 11 is 0. The number of methoxy groups -OCH3 is 2. The highest BCUT2D eigenvalue weighted by Crippen LogP contribution is 2.38. The first-order valence-corrected chi connectivity index (χ1v) is 6.77. The van der Waals surface area contributed by atoms with E-state index in [4.69, 9.17) is 9.47 Å². The molecule has 2 rings (SSSR count). The minimum Gasteiger partial charge on any atom is -0.497 e. The van der Waals surface area contributed by atoms with Crippen molar-refractivity contribution in [3.05, 3.63) is 59.7 Å². The van der Waals surface area contributed by atoms with Gasteiger partial charge in [0.1, 0.15) is 11.5 Å². The summed E-state index contributed by atoms with van der Waals surface area (Å²) < 4.78 is 50.1. The second kappa shape index (κ2) is 6.73. The average molecular weight is 310 g/mol. The van der Waals surface area contributed by atoms with Crippen molar-refractivity contribution >= 4 is 0 Å². The molecule has 0 saturated carbocycles. The van der Waals surface area contributed by atoms with Gasteiger partial charge in [0.25, 0.3) is 0 Å². The predicted octanol–water partition coefficient (Wildman–Crippen LogP) is 4.59. The highest BCUT2D eigenvalue weighted by atomic mass is 19.4. The van der Waals surface area contributed by atoms with E-state index >= 15 is 0 Å². The van der Waals surface area contributed by atoms with Crippen LogP contribution in [0.1, 0.15) is 17.0 Å². The van der Waals surface area contributed by atoms with Crippen LogP contribution in [0.2, 0.25) is 0 Å². The van der Waals surface area contributed by atoms with E-state index in [1.165, 1.54) is 26.4 Å². The third-order valence-electron chi connectivity index (χ3n) is 3.51. The molecule has 0 heterocycles. The van der Waals surface area contributed by atoms with Crippen molar-refractivity contribution in [3.8, 4) is 11.5 Å². The van der Waals surface area contributed by atoms with E-state index in [0.717, 1.165) is 0 Å². The van der Waals surface area contributed by atoms with E-state index in [2.05, 4.69) is 0 Å². The molecule has 1 atom stereocenters. The van der Waals surface area contributed by atoms with E-state index in [9.17, 15) is 13.2 Å². The zero-order chi connectivity index (χ0) is 16.2. The molecule has 0 amide bonds. The first-order valence-electron chi connectivity index (χ1n) is 6.77. The molecule has 0 aromatic heterocycles. The van der Waals surface area contributed by atoms with Crippen LogP contribution >= 0.6 is 0 Å². The van der Waals surface area contributed by atoms with E-state index in [0.29, 0.717) is 17.1 Å². The van der Waals surface area contributed by atoms with E-state index < -0.39 is 12.1 Å². The van der Waals surface area contributed by atoms with Gasteiger partial charge in [-0.1, -0.05) is 24.3 Å². The summed E-state index contributed by atoms with van der Waals surface area (Å²) in [5, 5.41) is 0. The Kier molecular flexibility index (Phi) is 4.96. The van der Waals surface area contributed by atoms with Crippen molar-refractivity contribution in [1.82, 2.24) is 0 Å². The Morgan fingerprint density at radius 2 is 1.27 bits per heavy atom. The van der Waals surface area contributed by atoms with Crippen LogP contribution in [0, 0.1) is 0 Å². The van der Waals surface area contributed by atoms with Crippen LogP contribution < -0.4 is 9.47 Å². The summed E-state index contributed by atoms with van der Waals surface area (Å²) in [5.74, 6) is -0.391. The molecule has 118 valence electrons. The quantitative estimate of drug-likeness (QED) is 0.804. The van der Waals surface area contributed by atoms with Gasteiger partial charge in [-0.3, -0.25) is 0 Å². The molecule has 0 aliphatic rings. The van der Waals surface area contributed by atoms with Gasteiger partial charge in [-0.15, -0.1) is 0 Å². The zero-order valence-corrected chi connectivity index (χ0v) is 12.4. The smallest absolute Gasteiger partial charge is 0.396 e. The van der Waals surface area contributed by atoms with Crippen molar-refractivity contribution in [3.63, 3.8) is 0 Å². The maximum atomic E-state index is 13.4. The van der Waals surface area contributed by atoms with Crippen LogP contribution in [0.5, 0.6) is 11.5 Å². The Morgan fingerprint density at radius 1 is 0.818 bits per heavy atom. The molecule has 2 nitrogen and oxygen atoms in total. The number of halogens is 3. The van der Waals surface area contributed by atoms with Gasteiger partial charge in [-0.25, -0.2) is 0 Å². The summed E-state index contributed by atoms with van der Waals surface area (Å²) in [6.45, 7) is 0. The molecular formula is C17H17F3O2. The summed E-state index contributed by atoms with van der Waals surface area (Å²) in [7, 11) is 3.00. The lowest BCUT2D eigenvalue weighted by atomic mass is 9.91. The summed E-state index contributed by atoms with van der Waals surface area (Å²) in [5.41, 5.74) is 0.836. The minimum absolute atomic E-state index is 0.111.